The number of nitrogens with one attached hydrogen (secondary N) is 1. The quantitative estimate of drug-likeness (QED) is 0.669. The van der Waals surface area contributed by atoms with Crippen molar-refractivity contribution in [1.82, 2.24) is 10.2 Å². The standard InChI is InChI=1S/C16H26N2O.C2H2O4/c1-3-14(2)15-6-4-5-7-16(15)19-13-12-18-10-8-17-9-11-18;3-1(4)2(5)6/h4-7,14,17H,3,8-13H2,1-2H3;(H,3,4)(H,5,6). The fraction of sp³-hybridized carbons (Fsp3) is 0.556. The molecule has 1 fully saturated rings. The molecule has 1 unspecified atom stereocenters. The summed E-state index contributed by atoms with van der Waals surface area (Å²) in [6, 6.07) is 8.45. The van der Waals surface area contributed by atoms with Crippen LogP contribution in [-0.2, 0) is 9.59 Å². The molecule has 0 spiro atoms. The van der Waals surface area contributed by atoms with E-state index in [1.165, 1.54) is 5.56 Å². The van der Waals surface area contributed by atoms with Crippen molar-refractivity contribution < 1.29 is 24.5 Å². The number of hydrogen-bond donors (Lipinski definition) is 3. The molecule has 0 aromatic heterocycles. The number of carboxylic acids is 2. The van der Waals surface area contributed by atoms with E-state index in [1.807, 2.05) is 0 Å². The average Bonchev–Trinajstić information content (AvgIpc) is 2.63. The van der Waals surface area contributed by atoms with Gasteiger partial charge in [0.25, 0.3) is 0 Å². The highest BCUT2D eigenvalue weighted by atomic mass is 16.5. The van der Waals surface area contributed by atoms with Crippen LogP contribution in [0, 0.1) is 0 Å². The van der Waals surface area contributed by atoms with Crippen LogP contribution in [0.4, 0.5) is 0 Å². The highest BCUT2D eigenvalue weighted by molar-refractivity contribution is 6.27. The maximum Gasteiger partial charge on any atom is 0.414 e. The van der Waals surface area contributed by atoms with Gasteiger partial charge in [0.05, 0.1) is 0 Å². The SMILES string of the molecule is CCC(C)c1ccccc1OCCN1CCNCC1.O=C(O)C(=O)O. The van der Waals surface area contributed by atoms with Gasteiger partial charge in [0, 0.05) is 32.7 Å². The van der Waals surface area contributed by atoms with Crippen LogP contribution < -0.4 is 10.1 Å². The van der Waals surface area contributed by atoms with Crippen LogP contribution in [-0.4, -0.2) is 66.4 Å². The van der Waals surface area contributed by atoms with Gasteiger partial charge in [-0.25, -0.2) is 9.59 Å². The van der Waals surface area contributed by atoms with E-state index < -0.39 is 11.9 Å². The van der Waals surface area contributed by atoms with E-state index in [4.69, 9.17) is 24.5 Å². The summed E-state index contributed by atoms with van der Waals surface area (Å²) in [5, 5.41) is 18.2. The van der Waals surface area contributed by atoms with Crippen LogP contribution in [0.5, 0.6) is 5.75 Å². The third kappa shape index (κ3) is 8.00. The number of carboxylic acid groups (broad SMARTS) is 2. The Morgan fingerprint density at radius 3 is 2.36 bits per heavy atom. The second kappa shape index (κ2) is 11.4. The lowest BCUT2D eigenvalue weighted by Crippen LogP contribution is -2.44. The Kier molecular flexibility index (Phi) is 9.57. The minimum absolute atomic E-state index is 0.565. The van der Waals surface area contributed by atoms with Gasteiger partial charge in [0.15, 0.2) is 0 Å². The van der Waals surface area contributed by atoms with Gasteiger partial charge < -0.3 is 20.3 Å². The van der Waals surface area contributed by atoms with E-state index in [9.17, 15) is 0 Å². The summed E-state index contributed by atoms with van der Waals surface area (Å²) in [5.41, 5.74) is 1.34. The van der Waals surface area contributed by atoms with Crippen molar-refractivity contribution in [3.8, 4) is 5.75 Å². The molecule has 1 atom stereocenters. The van der Waals surface area contributed by atoms with Gasteiger partial charge in [0.1, 0.15) is 12.4 Å². The Balaban J connectivity index is 0.000000450. The smallest absolute Gasteiger partial charge is 0.414 e. The van der Waals surface area contributed by atoms with Crippen LogP contribution >= 0.6 is 0 Å². The molecule has 140 valence electrons. The molecule has 7 heteroatoms. The number of ether oxygens (including phenoxy) is 1. The zero-order chi connectivity index (χ0) is 18.7. The lowest BCUT2D eigenvalue weighted by atomic mass is 9.98. The molecule has 2 rings (SSSR count). The minimum Gasteiger partial charge on any atom is -0.492 e. The predicted octanol–water partition coefficient (Wildman–Crippen LogP) is 1.64. The van der Waals surface area contributed by atoms with E-state index in [0.717, 1.165) is 51.5 Å². The Labute approximate surface area is 148 Å². The molecule has 25 heavy (non-hydrogen) atoms. The summed E-state index contributed by atoms with van der Waals surface area (Å²) in [4.78, 5) is 20.7. The van der Waals surface area contributed by atoms with E-state index in [-0.39, 0.29) is 0 Å². The minimum atomic E-state index is -1.82. The lowest BCUT2D eigenvalue weighted by molar-refractivity contribution is -0.159. The van der Waals surface area contributed by atoms with Crippen LogP contribution in [0.15, 0.2) is 24.3 Å². The lowest BCUT2D eigenvalue weighted by Gasteiger charge is -2.27. The van der Waals surface area contributed by atoms with Gasteiger partial charge >= 0.3 is 11.9 Å². The topological polar surface area (TPSA) is 99.1 Å². The summed E-state index contributed by atoms with van der Waals surface area (Å²) in [5.74, 6) is -2.02. The molecule has 0 radical (unpaired) electrons. The van der Waals surface area contributed by atoms with E-state index >= 15 is 0 Å². The molecular weight excluding hydrogens is 324 g/mol. The molecule has 1 aliphatic rings. The van der Waals surface area contributed by atoms with E-state index in [2.05, 4.69) is 48.3 Å². The maximum absolute atomic E-state index is 9.10. The zero-order valence-electron chi connectivity index (χ0n) is 14.9. The fourth-order valence-electron chi connectivity index (χ4n) is 2.46. The van der Waals surface area contributed by atoms with Crippen LogP contribution in [0.3, 0.4) is 0 Å². The monoisotopic (exact) mass is 352 g/mol. The van der Waals surface area contributed by atoms with Gasteiger partial charge in [0.2, 0.25) is 0 Å². The maximum atomic E-state index is 9.10. The highest BCUT2D eigenvalue weighted by Crippen LogP contribution is 2.28. The Bertz CT molecular complexity index is 532. The molecule has 0 amide bonds. The van der Waals surface area contributed by atoms with Crippen molar-refractivity contribution in [2.75, 3.05) is 39.3 Å². The van der Waals surface area contributed by atoms with E-state index in [0.29, 0.717) is 5.92 Å². The summed E-state index contributed by atoms with van der Waals surface area (Å²) in [6.45, 7) is 10.8. The third-order valence-electron chi connectivity index (χ3n) is 4.12. The van der Waals surface area contributed by atoms with Crippen molar-refractivity contribution >= 4 is 11.9 Å². The van der Waals surface area contributed by atoms with Crippen molar-refractivity contribution in [2.24, 2.45) is 0 Å². The van der Waals surface area contributed by atoms with Gasteiger partial charge in [-0.3, -0.25) is 4.90 Å². The number of para-hydroxylation sites is 1. The second-order valence-corrected chi connectivity index (χ2v) is 5.90. The van der Waals surface area contributed by atoms with Gasteiger partial charge in [-0.1, -0.05) is 32.0 Å². The van der Waals surface area contributed by atoms with Gasteiger partial charge in [-0.05, 0) is 24.0 Å². The Morgan fingerprint density at radius 1 is 1.20 bits per heavy atom. The van der Waals surface area contributed by atoms with Crippen LogP contribution in [0.25, 0.3) is 0 Å². The first-order valence-electron chi connectivity index (χ1n) is 8.56. The van der Waals surface area contributed by atoms with Gasteiger partial charge in [-0.15, -0.1) is 0 Å². The predicted molar refractivity (Wildman–Crippen MR) is 95.2 cm³/mol. The number of benzene rings is 1. The first-order chi connectivity index (χ1) is 12.0. The fourth-order valence-corrected chi connectivity index (χ4v) is 2.46. The van der Waals surface area contributed by atoms with Crippen molar-refractivity contribution in [3.05, 3.63) is 29.8 Å². The molecule has 1 heterocycles. The van der Waals surface area contributed by atoms with Crippen molar-refractivity contribution in [1.29, 1.82) is 0 Å². The molecule has 7 nitrogen and oxygen atoms in total. The number of rotatable bonds is 6. The van der Waals surface area contributed by atoms with Crippen LogP contribution in [0.1, 0.15) is 31.7 Å². The summed E-state index contributed by atoms with van der Waals surface area (Å²) in [7, 11) is 0. The van der Waals surface area contributed by atoms with Crippen molar-refractivity contribution in [2.45, 2.75) is 26.2 Å². The molecule has 0 bridgehead atoms. The second-order valence-electron chi connectivity index (χ2n) is 5.90. The molecule has 3 N–H and O–H groups in total. The zero-order valence-corrected chi connectivity index (χ0v) is 14.9. The largest absolute Gasteiger partial charge is 0.492 e. The number of hydrogen-bond acceptors (Lipinski definition) is 5. The molecule has 1 aromatic carbocycles. The molecule has 0 saturated carbocycles. The third-order valence-corrected chi connectivity index (χ3v) is 4.12. The molecular formula is C18H28N2O5. The summed E-state index contributed by atoms with van der Waals surface area (Å²) in [6.07, 6.45) is 1.15. The Morgan fingerprint density at radius 2 is 1.80 bits per heavy atom. The molecule has 1 aromatic rings. The number of piperazine rings is 1. The molecule has 1 aliphatic heterocycles. The van der Waals surface area contributed by atoms with Crippen molar-refractivity contribution in [3.63, 3.8) is 0 Å². The van der Waals surface area contributed by atoms with E-state index in [1.54, 1.807) is 0 Å². The number of aliphatic carboxylic acids is 2. The first-order valence-corrected chi connectivity index (χ1v) is 8.56. The number of carbonyl (C=O) groups is 2. The van der Waals surface area contributed by atoms with Crippen LogP contribution in [0.2, 0.25) is 0 Å². The summed E-state index contributed by atoms with van der Waals surface area (Å²) >= 11 is 0. The average molecular weight is 352 g/mol. The highest BCUT2D eigenvalue weighted by Gasteiger charge is 2.11. The normalized spacial score (nSPS) is 15.6. The Hall–Kier alpha value is -2.12. The summed E-state index contributed by atoms with van der Waals surface area (Å²) < 4.78 is 6.00. The molecule has 0 aliphatic carbocycles. The van der Waals surface area contributed by atoms with Gasteiger partial charge in [-0.2, -0.15) is 0 Å². The molecule has 1 saturated heterocycles. The first kappa shape index (κ1) is 20.9. The number of nitrogens with zero attached hydrogens (tertiary/aromatic N) is 1.